The summed E-state index contributed by atoms with van der Waals surface area (Å²) >= 11 is 0. The van der Waals surface area contributed by atoms with Crippen molar-refractivity contribution in [3.63, 3.8) is 0 Å². The number of carbonyl (C=O) groups is 4. The highest BCUT2D eigenvalue weighted by molar-refractivity contribution is 5.97. The number of amides is 3. The summed E-state index contributed by atoms with van der Waals surface area (Å²) in [5.41, 5.74) is 0.126. The van der Waals surface area contributed by atoms with Crippen LogP contribution in [0.3, 0.4) is 0 Å². The van der Waals surface area contributed by atoms with E-state index in [4.69, 9.17) is 19.2 Å². The Morgan fingerprint density at radius 2 is 1.62 bits per heavy atom. The Balaban J connectivity index is 1.60. The van der Waals surface area contributed by atoms with Gasteiger partial charge in [-0.05, 0) is 41.0 Å². The highest BCUT2D eigenvalue weighted by atomic mass is 16.6. The third-order valence-corrected chi connectivity index (χ3v) is 7.65. The average molecular weight is 654 g/mol. The number of rotatable bonds is 11. The van der Waals surface area contributed by atoms with Gasteiger partial charge in [0.1, 0.15) is 23.2 Å². The molecule has 2 aliphatic rings. The number of hydrogen-bond donors (Lipinski definition) is 1. The van der Waals surface area contributed by atoms with Gasteiger partial charge in [-0.25, -0.2) is 19.8 Å². The molecule has 14 nitrogen and oxygen atoms in total. The molecule has 256 valence electrons. The number of piperazine rings is 1. The molecule has 0 spiro atoms. The van der Waals surface area contributed by atoms with Gasteiger partial charge in [0.2, 0.25) is 5.91 Å². The van der Waals surface area contributed by atoms with Crippen LogP contribution in [-0.4, -0.2) is 126 Å². The molecule has 2 aliphatic heterocycles. The second kappa shape index (κ2) is 16.5. The Kier molecular flexibility index (Phi) is 12.5. The summed E-state index contributed by atoms with van der Waals surface area (Å²) in [6.07, 6.45) is -0.487. The monoisotopic (exact) mass is 653 g/mol. The van der Waals surface area contributed by atoms with Crippen molar-refractivity contribution >= 4 is 29.7 Å². The summed E-state index contributed by atoms with van der Waals surface area (Å²) < 4.78 is 16.1. The Bertz CT molecular complexity index is 1370. The number of hydrogen-bond acceptors (Lipinski definition) is 11. The van der Waals surface area contributed by atoms with Crippen LogP contribution in [0, 0.1) is 0 Å². The van der Waals surface area contributed by atoms with Crippen LogP contribution in [0.1, 0.15) is 57.9 Å². The van der Waals surface area contributed by atoms with E-state index in [0.29, 0.717) is 57.6 Å². The number of esters is 1. The lowest BCUT2D eigenvalue weighted by Crippen LogP contribution is -2.56. The van der Waals surface area contributed by atoms with Crippen LogP contribution in [0.5, 0.6) is 0 Å². The normalized spacial score (nSPS) is 16.3. The molecule has 1 atom stereocenters. The van der Waals surface area contributed by atoms with Gasteiger partial charge in [0.25, 0.3) is 5.91 Å². The molecule has 0 radical (unpaired) electrons. The fraction of sp³-hybridized carbons (Fsp3) is 0.576. The van der Waals surface area contributed by atoms with Crippen molar-refractivity contribution < 1.29 is 33.4 Å². The number of hydrazine groups is 1. The predicted octanol–water partition coefficient (Wildman–Crippen LogP) is 2.74. The summed E-state index contributed by atoms with van der Waals surface area (Å²) in [4.78, 5) is 65.2. The maximum Gasteiger partial charge on any atom is 0.409 e. The highest BCUT2D eigenvalue weighted by Gasteiger charge is 2.32. The first-order valence-corrected chi connectivity index (χ1v) is 16.3. The molecule has 4 rings (SSSR count). The minimum absolute atomic E-state index is 0.0237. The van der Waals surface area contributed by atoms with Crippen molar-refractivity contribution in [1.29, 1.82) is 0 Å². The summed E-state index contributed by atoms with van der Waals surface area (Å²) in [6, 6.07) is 9.96. The second-order valence-electron chi connectivity index (χ2n) is 12.2. The van der Waals surface area contributed by atoms with Gasteiger partial charge in [0, 0.05) is 63.9 Å². The van der Waals surface area contributed by atoms with Gasteiger partial charge >= 0.3 is 12.1 Å². The Morgan fingerprint density at radius 1 is 0.957 bits per heavy atom. The first-order valence-electron chi connectivity index (χ1n) is 16.3. The lowest BCUT2D eigenvalue weighted by atomic mass is 10.1. The van der Waals surface area contributed by atoms with Crippen LogP contribution in [0.2, 0.25) is 0 Å². The fourth-order valence-corrected chi connectivity index (χ4v) is 5.39. The van der Waals surface area contributed by atoms with E-state index >= 15 is 0 Å². The number of nitrogens with one attached hydrogen (secondary N) is 1. The number of aromatic nitrogens is 2. The van der Waals surface area contributed by atoms with Crippen LogP contribution < -0.4 is 10.3 Å². The highest BCUT2D eigenvalue weighted by Crippen LogP contribution is 2.23. The van der Waals surface area contributed by atoms with Crippen molar-refractivity contribution in [2.24, 2.45) is 0 Å². The quantitative estimate of drug-likeness (QED) is 0.357. The van der Waals surface area contributed by atoms with Crippen molar-refractivity contribution in [2.45, 2.75) is 59.1 Å². The van der Waals surface area contributed by atoms with Crippen molar-refractivity contribution in [2.75, 3.05) is 70.6 Å². The van der Waals surface area contributed by atoms with Gasteiger partial charge in [-0.1, -0.05) is 30.3 Å². The molecule has 3 amide bonds. The zero-order valence-electron chi connectivity index (χ0n) is 28.1. The van der Waals surface area contributed by atoms with Crippen LogP contribution in [0.15, 0.2) is 36.4 Å². The zero-order chi connectivity index (χ0) is 34.0. The van der Waals surface area contributed by atoms with Crippen LogP contribution >= 0.6 is 0 Å². The summed E-state index contributed by atoms with van der Waals surface area (Å²) in [5, 5.41) is 6.99. The standard InChI is InChI=1S/C33H47N7O7/c1-6-40(39-19-21-45-22-20-39)27-23-26(34-29(36-27)24-11-9-8-10-12-24)30(42)35-25(13-14-28(41)47-33(3,4)5)31(43)37-15-17-38(18-16-37)32(44)46-7-2/h8-12,23,25H,6-7,13-22H2,1-5H3,(H,35,42). The van der Waals surface area contributed by atoms with E-state index in [9.17, 15) is 19.2 Å². The van der Waals surface area contributed by atoms with Gasteiger partial charge in [0.15, 0.2) is 5.82 Å². The Labute approximate surface area is 276 Å². The third-order valence-electron chi connectivity index (χ3n) is 7.65. The first-order chi connectivity index (χ1) is 22.5. The molecule has 1 aromatic heterocycles. The minimum atomic E-state index is -1.04. The summed E-state index contributed by atoms with van der Waals surface area (Å²) in [5.74, 6) is -0.494. The van der Waals surface area contributed by atoms with E-state index in [1.165, 1.54) is 0 Å². The summed E-state index contributed by atoms with van der Waals surface area (Å²) in [6.45, 7) is 13.5. The minimum Gasteiger partial charge on any atom is -0.460 e. The fourth-order valence-electron chi connectivity index (χ4n) is 5.39. The molecule has 2 aromatic rings. The molecule has 1 unspecified atom stereocenters. The van der Waals surface area contributed by atoms with Gasteiger partial charge in [0.05, 0.1) is 19.8 Å². The topological polar surface area (TPSA) is 147 Å². The second-order valence-corrected chi connectivity index (χ2v) is 12.2. The predicted molar refractivity (Wildman–Crippen MR) is 174 cm³/mol. The molecule has 0 aliphatic carbocycles. The Morgan fingerprint density at radius 3 is 2.23 bits per heavy atom. The average Bonchev–Trinajstić information content (AvgIpc) is 3.06. The molecule has 14 heteroatoms. The molecule has 1 N–H and O–H groups in total. The number of ether oxygens (including phenoxy) is 3. The molecule has 47 heavy (non-hydrogen) atoms. The van der Waals surface area contributed by atoms with E-state index in [1.807, 2.05) is 42.3 Å². The van der Waals surface area contributed by atoms with E-state index in [2.05, 4.69) is 15.3 Å². The number of benzene rings is 1. The van der Waals surface area contributed by atoms with Gasteiger partial charge < -0.3 is 29.3 Å². The largest absolute Gasteiger partial charge is 0.460 e. The number of nitrogens with zero attached hydrogens (tertiary/aromatic N) is 6. The van der Waals surface area contributed by atoms with Crippen molar-refractivity contribution in [3.8, 4) is 11.4 Å². The molecular formula is C33H47N7O7. The molecule has 0 saturated carbocycles. The smallest absolute Gasteiger partial charge is 0.409 e. The molecule has 3 heterocycles. The van der Waals surface area contributed by atoms with Crippen LogP contribution in [0.4, 0.5) is 10.6 Å². The molecule has 2 fully saturated rings. The van der Waals surface area contributed by atoms with E-state index in [-0.39, 0.29) is 44.1 Å². The third kappa shape index (κ3) is 10.1. The SMILES string of the molecule is CCOC(=O)N1CCN(C(=O)C(CCC(=O)OC(C)(C)C)NC(=O)c2cc(N(CC)N3CCOCC3)nc(-c3ccccc3)n2)CC1. The number of morpholine rings is 1. The van der Waals surface area contributed by atoms with E-state index in [0.717, 1.165) is 5.56 Å². The lowest BCUT2D eigenvalue weighted by molar-refractivity contribution is -0.155. The van der Waals surface area contributed by atoms with E-state index in [1.54, 1.807) is 43.6 Å². The molecule has 1 aromatic carbocycles. The van der Waals surface area contributed by atoms with Crippen LogP contribution in [0.25, 0.3) is 11.4 Å². The number of carbonyl (C=O) groups excluding carboxylic acids is 4. The van der Waals surface area contributed by atoms with E-state index < -0.39 is 29.6 Å². The van der Waals surface area contributed by atoms with Crippen molar-refractivity contribution in [1.82, 2.24) is 30.1 Å². The van der Waals surface area contributed by atoms with Crippen molar-refractivity contribution in [3.05, 3.63) is 42.1 Å². The maximum absolute atomic E-state index is 13.9. The first kappa shape index (κ1) is 35.6. The maximum atomic E-state index is 13.9. The molecule has 0 bridgehead atoms. The van der Waals surface area contributed by atoms with Gasteiger partial charge in [-0.3, -0.25) is 19.4 Å². The van der Waals surface area contributed by atoms with Crippen LogP contribution in [-0.2, 0) is 23.8 Å². The zero-order valence-corrected chi connectivity index (χ0v) is 28.1. The molecular weight excluding hydrogens is 606 g/mol. The van der Waals surface area contributed by atoms with Gasteiger partial charge in [-0.15, -0.1) is 0 Å². The van der Waals surface area contributed by atoms with Gasteiger partial charge in [-0.2, -0.15) is 0 Å². The summed E-state index contributed by atoms with van der Waals surface area (Å²) in [7, 11) is 0. The number of anilines is 1. The molecule has 2 saturated heterocycles. The lowest BCUT2D eigenvalue weighted by Gasteiger charge is -2.37. The Hall–Kier alpha value is -4.30.